The number of amides is 4. The monoisotopic (exact) mass is 477 g/mol. The van der Waals surface area contributed by atoms with E-state index in [1.54, 1.807) is 42.5 Å². The van der Waals surface area contributed by atoms with Crippen LogP contribution in [0.3, 0.4) is 0 Å². The minimum Gasteiger partial charge on any atom is -0.493 e. The highest BCUT2D eigenvalue weighted by Gasteiger charge is 2.36. The van der Waals surface area contributed by atoms with Gasteiger partial charge in [-0.1, -0.05) is 6.07 Å². The van der Waals surface area contributed by atoms with Crippen molar-refractivity contribution in [2.75, 3.05) is 7.11 Å². The summed E-state index contributed by atoms with van der Waals surface area (Å²) in [5.41, 5.74) is 0.942. The van der Waals surface area contributed by atoms with Crippen LogP contribution in [0.1, 0.15) is 16.9 Å². The van der Waals surface area contributed by atoms with Crippen LogP contribution in [-0.2, 0) is 22.7 Å². The number of imide groups is 2. The van der Waals surface area contributed by atoms with Crippen molar-refractivity contribution in [1.82, 2.24) is 10.2 Å². The van der Waals surface area contributed by atoms with E-state index in [0.717, 1.165) is 10.5 Å². The molecule has 2 heterocycles. The van der Waals surface area contributed by atoms with Gasteiger partial charge >= 0.3 is 6.03 Å². The molecule has 0 saturated carbocycles. The lowest BCUT2D eigenvalue weighted by Crippen LogP contribution is -2.53. The third-order valence-electron chi connectivity index (χ3n) is 5.12. The number of methoxy groups -OCH3 is 1. The predicted molar refractivity (Wildman–Crippen MR) is 121 cm³/mol. The lowest BCUT2D eigenvalue weighted by atomic mass is 10.1. The van der Waals surface area contributed by atoms with Crippen LogP contribution >= 0.6 is 0 Å². The number of nitro benzene ring substituents is 1. The summed E-state index contributed by atoms with van der Waals surface area (Å²) in [7, 11) is 1.44. The molecule has 1 N–H and O–H groups in total. The number of hydrogen-bond donors (Lipinski definition) is 1. The number of benzene rings is 2. The number of barbiturate groups is 1. The van der Waals surface area contributed by atoms with Crippen molar-refractivity contribution in [2.24, 2.45) is 0 Å². The Hall–Kier alpha value is -4.93. The number of hydrogen-bond acceptors (Lipinski definition) is 8. The normalized spacial score (nSPS) is 14.7. The topological polar surface area (TPSA) is 141 Å². The van der Waals surface area contributed by atoms with Crippen LogP contribution in [0.4, 0.5) is 10.5 Å². The molecular weight excluding hydrogens is 458 g/mol. The summed E-state index contributed by atoms with van der Waals surface area (Å²) in [4.78, 5) is 48.5. The van der Waals surface area contributed by atoms with Crippen LogP contribution in [0.5, 0.6) is 11.5 Å². The van der Waals surface area contributed by atoms with E-state index in [1.165, 1.54) is 31.6 Å². The van der Waals surface area contributed by atoms with Gasteiger partial charge in [-0.05, 0) is 53.6 Å². The second kappa shape index (κ2) is 9.91. The van der Waals surface area contributed by atoms with E-state index in [9.17, 15) is 24.5 Å². The summed E-state index contributed by atoms with van der Waals surface area (Å²) >= 11 is 0. The van der Waals surface area contributed by atoms with Crippen LogP contribution in [0, 0.1) is 10.1 Å². The Balaban J connectivity index is 1.51. The first-order valence-corrected chi connectivity index (χ1v) is 10.3. The molecule has 1 aromatic heterocycles. The van der Waals surface area contributed by atoms with Gasteiger partial charge in [-0.25, -0.2) is 4.79 Å². The van der Waals surface area contributed by atoms with Crippen LogP contribution < -0.4 is 14.8 Å². The molecule has 4 amide bonds. The molecule has 0 unspecified atom stereocenters. The molecular formula is C24H19N3O8. The number of nitrogens with zero attached hydrogens (tertiary/aromatic N) is 2. The minimum absolute atomic E-state index is 0.0190. The van der Waals surface area contributed by atoms with Gasteiger partial charge in [0.05, 0.1) is 24.8 Å². The van der Waals surface area contributed by atoms with E-state index in [-0.39, 0.29) is 24.4 Å². The van der Waals surface area contributed by atoms with Crippen LogP contribution in [0.25, 0.3) is 6.08 Å². The first-order valence-electron chi connectivity index (χ1n) is 10.3. The number of rotatable bonds is 8. The average molecular weight is 477 g/mol. The molecule has 1 fully saturated rings. The van der Waals surface area contributed by atoms with Gasteiger partial charge in [0.2, 0.25) is 0 Å². The summed E-state index contributed by atoms with van der Waals surface area (Å²) in [5.74, 6) is -0.449. The van der Waals surface area contributed by atoms with Crippen molar-refractivity contribution in [2.45, 2.75) is 13.2 Å². The third-order valence-corrected chi connectivity index (χ3v) is 5.12. The van der Waals surface area contributed by atoms with Gasteiger partial charge in [-0.2, -0.15) is 0 Å². The van der Waals surface area contributed by atoms with Gasteiger partial charge in [0.1, 0.15) is 17.9 Å². The van der Waals surface area contributed by atoms with E-state index in [4.69, 9.17) is 13.9 Å². The molecule has 0 aliphatic carbocycles. The Morgan fingerprint density at radius 1 is 1.09 bits per heavy atom. The zero-order valence-electron chi connectivity index (χ0n) is 18.4. The number of nitrogens with one attached hydrogen (secondary N) is 1. The third kappa shape index (κ3) is 5.19. The molecule has 3 aromatic rings. The largest absolute Gasteiger partial charge is 0.493 e. The van der Waals surface area contributed by atoms with Crippen molar-refractivity contribution in [3.8, 4) is 11.5 Å². The standard InChI is InChI=1S/C24H19N3O8/c1-33-21-12-16(6-9-20(21)35-14-15-4-7-17(8-5-15)27(31)32)11-19-22(28)25-24(30)26(23(19)29)13-18-3-2-10-34-18/h2-12H,13-14H2,1H3,(H,25,28,30)/b19-11+. The molecule has 11 nitrogen and oxygen atoms in total. The second-order valence-corrected chi connectivity index (χ2v) is 7.41. The summed E-state index contributed by atoms with van der Waals surface area (Å²) in [6, 6.07) is 13.2. The van der Waals surface area contributed by atoms with E-state index >= 15 is 0 Å². The van der Waals surface area contributed by atoms with E-state index in [1.807, 2.05) is 0 Å². The number of ether oxygens (including phenoxy) is 2. The maximum absolute atomic E-state index is 12.9. The van der Waals surface area contributed by atoms with Crippen molar-refractivity contribution in [1.29, 1.82) is 0 Å². The molecule has 1 aliphatic heterocycles. The van der Waals surface area contributed by atoms with Gasteiger partial charge in [0.25, 0.3) is 17.5 Å². The van der Waals surface area contributed by atoms with Crippen molar-refractivity contribution < 1.29 is 33.2 Å². The summed E-state index contributed by atoms with van der Waals surface area (Å²) in [5, 5.41) is 12.9. The van der Waals surface area contributed by atoms with Crippen LogP contribution in [0.15, 0.2) is 70.9 Å². The molecule has 11 heteroatoms. The predicted octanol–water partition coefficient (Wildman–Crippen LogP) is 3.44. The number of carbonyl (C=O) groups excluding carboxylic acids is 3. The average Bonchev–Trinajstić information content (AvgIpc) is 3.37. The number of nitro groups is 1. The molecule has 178 valence electrons. The molecule has 0 radical (unpaired) electrons. The number of carbonyl (C=O) groups is 3. The van der Waals surface area contributed by atoms with Crippen molar-refractivity contribution in [3.63, 3.8) is 0 Å². The first kappa shape index (κ1) is 23.2. The van der Waals surface area contributed by atoms with Crippen LogP contribution in [0.2, 0.25) is 0 Å². The molecule has 4 rings (SSSR count). The smallest absolute Gasteiger partial charge is 0.331 e. The highest BCUT2D eigenvalue weighted by atomic mass is 16.6. The lowest BCUT2D eigenvalue weighted by molar-refractivity contribution is -0.384. The Morgan fingerprint density at radius 2 is 1.86 bits per heavy atom. The van der Waals surface area contributed by atoms with Crippen LogP contribution in [-0.4, -0.2) is 34.8 Å². The number of urea groups is 1. The van der Waals surface area contributed by atoms with Crippen molar-refractivity contribution in [3.05, 3.63) is 93.4 Å². The van der Waals surface area contributed by atoms with Gasteiger partial charge in [0, 0.05) is 12.1 Å². The SMILES string of the molecule is COc1cc(/C=C2\C(=O)NC(=O)N(Cc3ccco3)C2=O)ccc1OCc1ccc([N+](=O)[O-])cc1. The van der Waals surface area contributed by atoms with E-state index in [2.05, 4.69) is 5.32 Å². The maximum Gasteiger partial charge on any atom is 0.331 e. The van der Waals surface area contributed by atoms with Gasteiger partial charge in [-0.15, -0.1) is 0 Å². The molecule has 1 saturated heterocycles. The summed E-state index contributed by atoms with van der Waals surface area (Å²) in [6.45, 7) is 0.0144. The molecule has 2 aromatic carbocycles. The molecule has 0 atom stereocenters. The molecule has 0 bridgehead atoms. The lowest BCUT2D eigenvalue weighted by Gasteiger charge is -2.25. The van der Waals surface area contributed by atoms with E-state index in [0.29, 0.717) is 22.8 Å². The Bertz CT molecular complexity index is 1310. The summed E-state index contributed by atoms with van der Waals surface area (Å²) in [6.07, 6.45) is 2.77. The number of non-ortho nitro benzene ring substituents is 1. The van der Waals surface area contributed by atoms with E-state index < -0.39 is 22.8 Å². The fourth-order valence-electron chi connectivity index (χ4n) is 3.33. The van der Waals surface area contributed by atoms with Crippen molar-refractivity contribution >= 4 is 29.6 Å². The maximum atomic E-state index is 12.9. The fraction of sp³-hybridized carbons (Fsp3) is 0.125. The molecule has 0 spiro atoms. The van der Waals surface area contributed by atoms with Gasteiger partial charge < -0.3 is 13.9 Å². The quantitative estimate of drug-likeness (QED) is 0.225. The highest BCUT2D eigenvalue weighted by molar-refractivity contribution is 6.30. The Kier molecular flexibility index (Phi) is 6.58. The second-order valence-electron chi connectivity index (χ2n) is 7.41. The zero-order valence-corrected chi connectivity index (χ0v) is 18.4. The minimum atomic E-state index is -0.832. The van der Waals surface area contributed by atoms with Gasteiger partial charge in [0.15, 0.2) is 11.5 Å². The number of furan rings is 1. The molecule has 35 heavy (non-hydrogen) atoms. The Labute approximate surface area is 198 Å². The zero-order chi connectivity index (χ0) is 24.9. The van der Waals surface area contributed by atoms with Gasteiger partial charge in [-0.3, -0.25) is 29.9 Å². The summed E-state index contributed by atoms with van der Waals surface area (Å²) < 4.78 is 16.3. The first-order chi connectivity index (χ1) is 16.9. The molecule has 1 aliphatic rings. The highest BCUT2D eigenvalue weighted by Crippen LogP contribution is 2.30. The fourth-order valence-corrected chi connectivity index (χ4v) is 3.33. The Morgan fingerprint density at radius 3 is 2.51 bits per heavy atom.